The number of benzene rings is 1. The number of halogens is 1. The third-order valence-electron chi connectivity index (χ3n) is 5.69. The molecule has 1 aromatic carbocycles. The van der Waals surface area contributed by atoms with E-state index in [1.165, 1.54) is 0 Å². The first kappa shape index (κ1) is 21.8. The highest BCUT2D eigenvalue weighted by Gasteiger charge is 2.36. The summed E-state index contributed by atoms with van der Waals surface area (Å²) >= 11 is 0. The maximum Gasteiger partial charge on any atom is 0.237 e. The van der Waals surface area contributed by atoms with Gasteiger partial charge in [-0.1, -0.05) is 19.9 Å². The van der Waals surface area contributed by atoms with Crippen LogP contribution < -0.4 is 20.5 Å². The molecule has 0 spiro atoms. The molecule has 3 unspecified atom stereocenters. The van der Waals surface area contributed by atoms with Crippen molar-refractivity contribution in [3.05, 3.63) is 23.8 Å². The Kier molecular flexibility index (Phi) is 7.00. The molecule has 1 aromatic rings. The molecule has 152 valence electrons. The van der Waals surface area contributed by atoms with Crippen LogP contribution in [0.2, 0.25) is 0 Å². The van der Waals surface area contributed by atoms with Crippen LogP contribution in [0.4, 0.5) is 0 Å². The molecule has 7 heteroatoms. The number of likely N-dealkylation sites (tertiary alicyclic amines) is 1. The third-order valence-corrected chi connectivity index (χ3v) is 5.69. The number of hydrogen-bond acceptors (Lipinski definition) is 5. The first-order valence-corrected chi connectivity index (χ1v) is 9.47. The number of fused-ring (bicyclic) bond motifs is 1. The lowest BCUT2D eigenvalue weighted by Crippen LogP contribution is -2.57. The molecule has 0 saturated carbocycles. The number of amides is 1. The van der Waals surface area contributed by atoms with Crippen LogP contribution in [0.3, 0.4) is 0 Å². The van der Waals surface area contributed by atoms with E-state index >= 15 is 0 Å². The fourth-order valence-electron chi connectivity index (χ4n) is 3.66. The highest BCUT2D eigenvalue weighted by atomic mass is 35.5. The van der Waals surface area contributed by atoms with Gasteiger partial charge in [0.05, 0.1) is 12.1 Å². The summed E-state index contributed by atoms with van der Waals surface area (Å²) < 4.78 is 11.2. The summed E-state index contributed by atoms with van der Waals surface area (Å²) in [5.74, 6) is 1.55. The van der Waals surface area contributed by atoms with E-state index < -0.39 is 0 Å². The van der Waals surface area contributed by atoms with Crippen LogP contribution in [0, 0.1) is 5.41 Å². The zero-order valence-corrected chi connectivity index (χ0v) is 17.5. The van der Waals surface area contributed by atoms with E-state index in [0.717, 1.165) is 36.6 Å². The van der Waals surface area contributed by atoms with Crippen molar-refractivity contribution in [2.45, 2.75) is 52.2 Å². The Morgan fingerprint density at radius 3 is 2.59 bits per heavy atom. The maximum absolute atomic E-state index is 12.8. The summed E-state index contributed by atoms with van der Waals surface area (Å²) in [4.78, 5) is 15.0. The van der Waals surface area contributed by atoms with E-state index in [1.54, 1.807) is 0 Å². The van der Waals surface area contributed by atoms with Crippen molar-refractivity contribution in [3.63, 3.8) is 0 Å². The highest BCUT2D eigenvalue weighted by Crippen LogP contribution is 2.33. The van der Waals surface area contributed by atoms with Gasteiger partial charge in [-0.25, -0.2) is 0 Å². The van der Waals surface area contributed by atoms with Crippen LogP contribution in [-0.2, 0) is 4.79 Å². The molecule has 0 bridgehead atoms. The molecule has 1 saturated heterocycles. The van der Waals surface area contributed by atoms with Crippen molar-refractivity contribution in [1.82, 2.24) is 10.2 Å². The molecule has 2 heterocycles. The van der Waals surface area contributed by atoms with Crippen molar-refractivity contribution in [1.29, 1.82) is 0 Å². The fraction of sp³-hybridized carbons (Fsp3) is 0.650. The molecule has 27 heavy (non-hydrogen) atoms. The molecule has 1 fully saturated rings. The van der Waals surface area contributed by atoms with Crippen molar-refractivity contribution < 1.29 is 14.3 Å². The minimum absolute atomic E-state index is 0. The van der Waals surface area contributed by atoms with Crippen molar-refractivity contribution in [2.75, 3.05) is 26.3 Å². The minimum atomic E-state index is -0.179. The molecule has 0 radical (unpaired) electrons. The normalized spacial score (nSPS) is 23.7. The van der Waals surface area contributed by atoms with Crippen LogP contribution in [0.1, 0.15) is 45.7 Å². The van der Waals surface area contributed by atoms with Gasteiger partial charge < -0.3 is 20.5 Å². The van der Waals surface area contributed by atoms with E-state index in [4.69, 9.17) is 15.2 Å². The number of rotatable bonds is 4. The number of ether oxygens (including phenoxy) is 2. The molecule has 2 aliphatic rings. The summed E-state index contributed by atoms with van der Waals surface area (Å²) in [6.07, 6.45) is 0.919. The Morgan fingerprint density at radius 2 is 1.93 bits per heavy atom. The molecule has 0 aliphatic carbocycles. The predicted octanol–water partition coefficient (Wildman–Crippen LogP) is 2.50. The quantitative estimate of drug-likeness (QED) is 0.816. The van der Waals surface area contributed by atoms with Crippen molar-refractivity contribution in [3.8, 4) is 11.5 Å². The number of nitrogens with two attached hydrogens (primary N) is 1. The van der Waals surface area contributed by atoms with E-state index in [1.807, 2.05) is 32.0 Å². The van der Waals surface area contributed by atoms with Gasteiger partial charge in [0.15, 0.2) is 11.5 Å². The standard InChI is InChI=1S/C20H31N3O3.ClH/c1-13(15-5-6-16-17(11-15)26-10-9-25-16)22-19(24)14(2)23-8-7-18(21)20(3,4)12-23;/h5-6,11,13-14,18H,7-10,12,21H2,1-4H3,(H,22,24);1H. The van der Waals surface area contributed by atoms with Gasteiger partial charge in [0.2, 0.25) is 5.91 Å². The topological polar surface area (TPSA) is 76.8 Å². The van der Waals surface area contributed by atoms with E-state index in [0.29, 0.717) is 13.2 Å². The molecule has 3 rings (SSSR count). The highest BCUT2D eigenvalue weighted by molar-refractivity contribution is 5.85. The van der Waals surface area contributed by atoms with Crippen LogP contribution in [0.25, 0.3) is 0 Å². The van der Waals surface area contributed by atoms with E-state index in [9.17, 15) is 4.79 Å². The summed E-state index contributed by atoms with van der Waals surface area (Å²) in [6, 6.07) is 5.75. The lowest BCUT2D eigenvalue weighted by atomic mass is 9.79. The minimum Gasteiger partial charge on any atom is -0.486 e. The maximum atomic E-state index is 12.8. The summed E-state index contributed by atoms with van der Waals surface area (Å²) in [6.45, 7) is 11.1. The molecule has 1 amide bonds. The number of nitrogens with zero attached hydrogens (tertiary/aromatic N) is 1. The lowest BCUT2D eigenvalue weighted by molar-refractivity contribution is -0.127. The second kappa shape index (κ2) is 8.67. The average Bonchev–Trinajstić information content (AvgIpc) is 2.62. The van der Waals surface area contributed by atoms with Gasteiger partial charge in [-0.05, 0) is 43.4 Å². The van der Waals surface area contributed by atoms with Gasteiger partial charge in [-0.2, -0.15) is 0 Å². The first-order valence-electron chi connectivity index (χ1n) is 9.47. The molecule has 6 nitrogen and oxygen atoms in total. The Bertz CT molecular complexity index is 668. The van der Waals surface area contributed by atoms with Gasteiger partial charge in [0.25, 0.3) is 0 Å². The van der Waals surface area contributed by atoms with Gasteiger partial charge in [-0.15, -0.1) is 12.4 Å². The number of piperidine rings is 1. The van der Waals surface area contributed by atoms with Crippen LogP contribution in [0.15, 0.2) is 18.2 Å². The van der Waals surface area contributed by atoms with Crippen LogP contribution >= 0.6 is 12.4 Å². The van der Waals surface area contributed by atoms with Crippen LogP contribution in [-0.4, -0.2) is 49.2 Å². The third kappa shape index (κ3) is 4.86. The largest absolute Gasteiger partial charge is 0.486 e. The Balaban J connectivity index is 0.00000261. The van der Waals surface area contributed by atoms with Gasteiger partial charge in [0, 0.05) is 19.1 Å². The summed E-state index contributed by atoms with van der Waals surface area (Å²) in [5.41, 5.74) is 7.25. The second-order valence-corrected chi connectivity index (χ2v) is 8.16. The van der Waals surface area contributed by atoms with E-state index in [-0.39, 0.29) is 41.9 Å². The number of nitrogens with one attached hydrogen (secondary N) is 1. The van der Waals surface area contributed by atoms with Crippen molar-refractivity contribution in [2.24, 2.45) is 11.1 Å². The van der Waals surface area contributed by atoms with Crippen molar-refractivity contribution >= 4 is 18.3 Å². The fourth-order valence-corrected chi connectivity index (χ4v) is 3.66. The Hall–Kier alpha value is -1.50. The smallest absolute Gasteiger partial charge is 0.237 e. The number of carbonyl (C=O) groups is 1. The molecular formula is C20H32ClN3O3. The summed E-state index contributed by atoms with van der Waals surface area (Å²) in [5, 5.41) is 3.13. The average molecular weight is 398 g/mol. The number of hydrogen-bond donors (Lipinski definition) is 2. The molecule has 3 atom stereocenters. The van der Waals surface area contributed by atoms with Gasteiger partial charge in [0.1, 0.15) is 13.2 Å². The lowest BCUT2D eigenvalue weighted by Gasteiger charge is -2.44. The van der Waals surface area contributed by atoms with Gasteiger partial charge in [-0.3, -0.25) is 9.69 Å². The summed E-state index contributed by atoms with van der Waals surface area (Å²) in [7, 11) is 0. The van der Waals surface area contributed by atoms with Gasteiger partial charge >= 0.3 is 0 Å². The monoisotopic (exact) mass is 397 g/mol. The number of carbonyl (C=O) groups excluding carboxylic acids is 1. The molecule has 0 aromatic heterocycles. The molecular weight excluding hydrogens is 366 g/mol. The first-order chi connectivity index (χ1) is 12.3. The SMILES string of the molecule is CC(NC(=O)C(C)N1CCC(N)C(C)(C)C1)c1ccc2c(c1)OCCO2.Cl. The molecule has 3 N–H and O–H groups in total. The zero-order chi connectivity index (χ0) is 18.9. The van der Waals surface area contributed by atoms with Crippen LogP contribution in [0.5, 0.6) is 11.5 Å². The Morgan fingerprint density at radius 1 is 1.26 bits per heavy atom. The molecule has 2 aliphatic heterocycles. The zero-order valence-electron chi connectivity index (χ0n) is 16.7. The Labute approximate surface area is 168 Å². The predicted molar refractivity (Wildman–Crippen MR) is 109 cm³/mol. The second-order valence-electron chi connectivity index (χ2n) is 8.16. The van der Waals surface area contributed by atoms with E-state index in [2.05, 4.69) is 24.1 Å².